The molecule has 1 fully saturated rings. The zero-order valence-corrected chi connectivity index (χ0v) is 14.5. The summed E-state index contributed by atoms with van der Waals surface area (Å²) in [7, 11) is 1.62. The molecule has 130 valence electrons. The number of nitrogens with zero attached hydrogens (tertiary/aromatic N) is 1. The van der Waals surface area contributed by atoms with Crippen LogP contribution < -0.4 is 4.74 Å². The number of hydrogen-bond acceptors (Lipinski definition) is 3. The van der Waals surface area contributed by atoms with E-state index < -0.39 is 0 Å². The van der Waals surface area contributed by atoms with Gasteiger partial charge in [0.05, 0.1) is 13.5 Å². The molecule has 1 aliphatic rings. The summed E-state index contributed by atoms with van der Waals surface area (Å²) in [5, 5.41) is 0. The Balaban J connectivity index is 1.62. The van der Waals surface area contributed by atoms with Gasteiger partial charge < -0.3 is 9.64 Å². The summed E-state index contributed by atoms with van der Waals surface area (Å²) in [6.07, 6.45) is 2.08. The van der Waals surface area contributed by atoms with Crippen molar-refractivity contribution in [2.75, 3.05) is 20.2 Å². The van der Waals surface area contributed by atoms with Crippen molar-refractivity contribution in [2.45, 2.75) is 19.3 Å². The van der Waals surface area contributed by atoms with Crippen molar-refractivity contribution in [1.82, 2.24) is 4.90 Å². The van der Waals surface area contributed by atoms with E-state index in [2.05, 4.69) is 0 Å². The lowest BCUT2D eigenvalue weighted by Gasteiger charge is -2.32. The highest BCUT2D eigenvalue weighted by Crippen LogP contribution is 2.22. The van der Waals surface area contributed by atoms with E-state index in [0.29, 0.717) is 13.0 Å². The molecule has 1 saturated heterocycles. The Morgan fingerprint density at radius 3 is 2.48 bits per heavy atom. The van der Waals surface area contributed by atoms with Crippen LogP contribution in [0.25, 0.3) is 0 Å². The molecule has 25 heavy (non-hydrogen) atoms. The number of rotatable bonds is 5. The minimum Gasteiger partial charge on any atom is -0.497 e. The quantitative estimate of drug-likeness (QED) is 0.786. The molecule has 1 aliphatic heterocycles. The van der Waals surface area contributed by atoms with Crippen LogP contribution >= 0.6 is 0 Å². The number of benzene rings is 2. The topological polar surface area (TPSA) is 46.6 Å². The van der Waals surface area contributed by atoms with Crippen molar-refractivity contribution < 1.29 is 14.3 Å². The molecule has 0 spiro atoms. The van der Waals surface area contributed by atoms with Crippen LogP contribution in [0.1, 0.15) is 28.8 Å². The summed E-state index contributed by atoms with van der Waals surface area (Å²) in [5.41, 5.74) is 1.69. The fourth-order valence-electron chi connectivity index (χ4n) is 3.29. The van der Waals surface area contributed by atoms with Crippen molar-refractivity contribution >= 4 is 11.7 Å². The van der Waals surface area contributed by atoms with Gasteiger partial charge in [-0.25, -0.2) is 0 Å². The largest absolute Gasteiger partial charge is 0.497 e. The highest BCUT2D eigenvalue weighted by molar-refractivity contribution is 5.98. The maximum Gasteiger partial charge on any atom is 0.227 e. The zero-order chi connectivity index (χ0) is 17.6. The Labute approximate surface area is 148 Å². The second kappa shape index (κ2) is 7.97. The third kappa shape index (κ3) is 4.27. The molecule has 4 heteroatoms. The number of likely N-dealkylation sites (tertiary alicyclic amines) is 1. The molecule has 1 heterocycles. The van der Waals surface area contributed by atoms with Crippen molar-refractivity contribution in [1.29, 1.82) is 0 Å². The predicted molar refractivity (Wildman–Crippen MR) is 96.8 cm³/mol. The second-order valence-corrected chi connectivity index (χ2v) is 6.43. The number of carbonyl (C=O) groups is 2. The molecule has 0 aromatic heterocycles. The van der Waals surface area contributed by atoms with Crippen LogP contribution in [0.15, 0.2) is 54.6 Å². The molecule has 1 unspecified atom stereocenters. The lowest BCUT2D eigenvalue weighted by Crippen LogP contribution is -2.43. The van der Waals surface area contributed by atoms with Gasteiger partial charge >= 0.3 is 0 Å². The summed E-state index contributed by atoms with van der Waals surface area (Å²) in [6, 6.07) is 16.9. The van der Waals surface area contributed by atoms with Gasteiger partial charge in [-0.1, -0.05) is 42.5 Å². The number of amides is 1. The normalized spacial score (nSPS) is 17.2. The first-order valence-electron chi connectivity index (χ1n) is 8.67. The Morgan fingerprint density at radius 2 is 1.80 bits per heavy atom. The molecule has 4 nitrogen and oxygen atoms in total. The molecule has 0 N–H and O–H groups in total. The van der Waals surface area contributed by atoms with Crippen LogP contribution in [0.5, 0.6) is 5.75 Å². The van der Waals surface area contributed by atoms with Gasteiger partial charge in [0.1, 0.15) is 5.75 Å². The molecule has 1 atom stereocenters. The van der Waals surface area contributed by atoms with Gasteiger partial charge in [0.25, 0.3) is 0 Å². The van der Waals surface area contributed by atoms with Crippen molar-refractivity contribution in [3.8, 4) is 5.75 Å². The molecule has 2 aromatic rings. The van der Waals surface area contributed by atoms with Crippen LogP contribution in [0.3, 0.4) is 0 Å². The number of methoxy groups -OCH3 is 1. The highest BCUT2D eigenvalue weighted by Gasteiger charge is 2.28. The van der Waals surface area contributed by atoms with E-state index in [1.807, 2.05) is 59.5 Å². The zero-order valence-electron chi connectivity index (χ0n) is 14.5. The number of ether oxygens (including phenoxy) is 1. The maximum atomic E-state index is 12.6. The van der Waals surface area contributed by atoms with Crippen LogP contribution in [0.4, 0.5) is 0 Å². The van der Waals surface area contributed by atoms with Gasteiger partial charge in [-0.15, -0.1) is 0 Å². The standard InChI is InChI=1S/C21H23NO3/c1-25-19-11-9-16(10-12-19)14-20(23)22-13-5-8-18(15-22)21(24)17-6-3-2-4-7-17/h2-4,6-7,9-12,18H,5,8,13-15H2,1H3. The van der Waals surface area contributed by atoms with Crippen LogP contribution in [-0.2, 0) is 11.2 Å². The third-order valence-electron chi connectivity index (χ3n) is 4.72. The van der Waals surface area contributed by atoms with E-state index in [9.17, 15) is 9.59 Å². The maximum absolute atomic E-state index is 12.6. The molecular weight excluding hydrogens is 314 g/mol. The summed E-state index contributed by atoms with van der Waals surface area (Å²) in [6.45, 7) is 1.25. The van der Waals surface area contributed by atoms with Crippen molar-refractivity contribution in [3.05, 3.63) is 65.7 Å². The molecule has 0 saturated carbocycles. The lowest BCUT2D eigenvalue weighted by atomic mass is 9.90. The van der Waals surface area contributed by atoms with E-state index in [4.69, 9.17) is 4.74 Å². The number of hydrogen-bond donors (Lipinski definition) is 0. The first-order valence-corrected chi connectivity index (χ1v) is 8.67. The van der Waals surface area contributed by atoms with E-state index in [0.717, 1.165) is 36.3 Å². The summed E-state index contributed by atoms with van der Waals surface area (Å²) in [4.78, 5) is 27.1. The third-order valence-corrected chi connectivity index (χ3v) is 4.72. The fraction of sp³-hybridized carbons (Fsp3) is 0.333. The summed E-state index contributed by atoms with van der Waals surface area (Å²) >= 11 is 0. The minimum atomic E-state index is -0.101. The first kappa shape index (κ1) is 17.2. The molecule has 0 bridgehead atoms. The van der Waals surface area contributed by atoms with Gasteiger partial charge in [0.2, 0.25) is 5.91 Å². The average Bonchev–Trinajstić information content (AvgIpc) is 2.68. The van der Waals surface area contributed by atoms with Gasteiger partial charge in [-0.05, 0) is 30.5 Å². The molecule has 1 amide bonds. The Hall–Kier alpha value is -2.62. The minimum absolute atomic E-state index is 0.0794. The van der Waals surface area contributed by atoms with E-state index in [1.54, 1.807) is 7.11 Å². The average molecular weight is 337 g/mol. The predicted octanol–water partition coefficient (Wildman–Crippen LogP) is 3.36. The number of Topliss-reactive ketones (excluding diaryl/α,β-unsaturated/α-hetero) is 1. The summed E-state index contributed by atoms with van der Waals surface area (Å²) < 4.78 is 5.14. The first-order chi connectivity index (χ1) is 12.2. The number of ketones is 1. The highest BCUT2D eigenvalue weighted by atomic mass is 16.5. The fourth-order valence-corrected chi connectivity index (χ4v) is 3.29. The SMILES string of the molecule is COc1ccc(CC(=O)N2CCCC(C(=O)c3ccccc3)C2)cc1. The van der Waals surface area contributed by atoms with Crippen molar-refractivity contribution in [3.63, 3.8) is 0 Å². The van der Waals surface area contributed by atoms with Crippen LogP contribution in [0, 0.1) is 5.92 Å². The Bertz CT molecular complexity index is 725. The molecule has 0 radical (unpaired) electrons. The summed E-state index contributed by atoms with van der Waals surface area (Å²) in [5.74, 6) is 0.900. The smallest absolute Gasteiger partial charge is 0.227 e. The van der Waals surface area contributed by atoms with Gasteiger partial charge in [-0.3, -0.25) is 9.59 Å². The second-order valence-electron chi connectivity index (χ2n) is 6.43. The van der Waals surface area contributed by atoms with Crippen LogP contribution in [0.2, 0.25) is 0 Å². The van der Waals surface area contributed by atoms with E-state index in [-0.39, 0.29) is 17.6 Å². The molecule has 3 rings (SSSR count). The van der Waals surface area contributed by atoms with Gasteiger partial charge in [-0.2, -0.15) is 0 Å². The molecule has 0 aliphatic carbocycles. The number of piperidine rings is 1. The van der Waals surface area contributed by atoms with Gasteiger partial charge in [0.15, 0.2) is 5.78 Å². The van der Waals surface area contributed by atoms with E-state index >= 15 is 0 Å². The van der Waals surface area contributed by atoms with Crippen molar-refractivity contribution in [2.24, 2.45) is 5.92 Å². The molecule has 2 aromatic carbocycles. The lowest BCUT2D eigenvalue weighted by molar-refractivity contribution is -0.131. The molecular formula is C21H23NO3. The Kier molecular flexibility index (Phi) is 5.49. The number of carbonyl (C=O) groups excluding carboxylic acids is 2. The monoisotopic (exact) mass is 337 g/mol. The van der Waals surface area contributed by atoms with E-state index in [1.165, 1.54) is 0 Å². The van der Waals surface area contributed by atoms with Gasteiger partial charge in [0, 0.05) is 24.6 Å². The Morgan fingerprint density at radius 1 is 1.08 bits per heavy atom. The van der Waals surface area contributed by atoms with Crippen LogP contribution in [-0.4, -0.2) is 36.8 Å².